The molecule has 1 atom stereocenters. The van der Waals surface area contributed by atoms with E-state index in [0.29, 0.717) is 40.6 Å². The van der Waals surface area contributed by atoms with Gasteiger partial charge in [-0.05, 0) is 61.2 Å². The highest BCUT2D eigenvalue weighted by Gasteiger charge is 2.29. The Balaban J connectivity index is 1.33. The van der Waals surface area contributed by atoms with Gasteiger partial charge in [0.2, 0.25) is 16.0 Å². The van der Waals surface area contributed by atoms with Crippen molar-refractivity contribution in [1.82, 2.24) is 24.2 Å². The second-order valence-electron chi connectivity index (χ2n) is 11.3. The predicted molar refractivity (Wildman–Crippen MR) is 175 cm³/mol. The molecule has 1 aromatic carbocycles. The molecule has 2 fully saturated rings. The second-order valence-corrected chi connectivity index (χ2v) is 14.2. The molecule has 11 nitrogen and oxygen atoms in total. The van der Waals surface area contributed by atoms with Crippen LogP contribution in [0.15, 0.2) is 57.7 Å². The lowest BCUT2D eigenvalue weighted by molar-refractivity contribution is 0.0730. The molecule has 13 heteroatoms. The first-order valence-corrected chi connectivity index (χ1v) is 17.4. The van der Waals surface area contributed by atoms with Crippen molar-refractivity contribution in [1.29, 1.82) is 0 Å². The molecule has 0 amide bonds. The number of morpholine rings is 1. The summed E-state index contributed by atoms with van der Waals surface area (Å²) in [6, 6.07) is 10.9. The first kappa shape index (κ1) is 31.2. The molecule has 2 aliphatic rings. The van der Waals surface area contributed by atoms with Gasteiger partial charge in [0.15, 0.2) is 0 Å². The average molecular weight is 649 g/mol. The topological polar surface area (TPSA) is 128 Å². The van der Waals surface area contributed by atoms with Gasteiger partial charge >= 0.3 is 0 Å². The predicted octanol–water partition coefficient (Wildman–Crippen LogP) is 3.80. The van der Waals surface area contributed by atoms with Crippen LogP contribution in [0, 0.1) is 17.8 Å². The van der Waals surface area contributed by atoms with Crippen molar-refractivity contribution in [3.63, 3.8) is 0 Å². The van der Waals surface area contributed by atoms with Crippen LogP contribution in [-0.4, -0.2) is 72.8 Å². The number of nitrogens with one attached hydrogen (secondary N) is 2. The number of nitrogens with zero attached hydrogens (tertiary/aromatic N) is 4. The molecule has 5 heterocycles. The Morgan fingerprint density at radius 2 is 2.00 bits per heavy atom. The van der Waals surface area contributed by atoms with Crippen molar-refractivity contribution in [2.24, 2.45) is 5.92 Å². The number of hydrogen-bond acceptors (Lipinski definition) is 10. The number of rotatable bonds is 8. The Kier molecular flexibility index (Phi) is 9.48. The molecule has 0 aliphatic carbocycles. The number of ether oxygens (including phenoxy) is 2. The van der Waals surface area contributed by atoms with Crippen LogP contribution in [0.25, 0.3) is 11.0 Å². The fourth-order valence-corrected chi connectivity index (χ4v) is 8.08. The molecule has 4 aromatic rings. The summed E-state index contributed by atoms with van der Waals surface area (Å²) in [5, 5.41) is 8.93. The molecule has 0 spiro atoms. The molecule has 0 bridgehead atoms. The van der Waals surface area contributed by atoms with Gasteiger partial charge in [0, 0.05) is 47.7 Å². The molecule has 45 heavy (non-hydrogen) atoms. The van der Waals surface area contributed by atoms with Crippen molar-refractivity contribution in [3.05, 3.63) is 68.8 Å². The Labute approximate surface area is 266 Å². The zero-order chi connectivity index (χ0) is 31.4. The highest BCUT2D eigenvalue weighted by molar-refractivity contribution is 7.89. The average Bonchev–Trinajstić information content (AvgIpc) is 3.53. The van der Waals surface area contributed by atoms with E-state index < -0.39 is 10.0 Å². The fraction of sp³-hybridized carbons (Fsp3) is 0.406. The van der Waals surface area contributed by atoms with Crippen molar-refractivity contribution in [3.8, 4) is 17.6 Å². The monoisotopic (exact) mass is 648 g/mol. The molecule has 0 radical (unpaired) electrons. The Bertz CT molecular complexity index is 1880. The van der Waals surface area contributed by atoms with Crippen LogP contribution >= 0.6 is 11.3 Å². The highest BCUT2D eigenvalue weighted by Crippen LogP contribution is 2.28. The lowest BCUT2D eigenvalue weighted by Crippen LogP contribution is -2.40. The Hall–Kier alpha value is -3.80. The second kappa shape index (κ2) is 13.7. The number of thiophene rings is 1. The number of fused-ring (bicyclic) bond motifs is 1. The summed E-state index contributed by atoms with van der Waals surface area (Å²) < 4.78 is 41.5. The first-order chi connectivity index (χ1) is 21.8. The first-order valence-electron chi connectivity index (χ1n) is 15.1. The minimum atomic E-state index is -3.77. The number of benzene rings is 1. The van der Waals surface area contributed by atoms with Gasteiger partial charge in [-0.2, -0.15) is 9.29 Å². The van der Waals surface area contributed by atoms with Crippen LogP contribution in [0.4, 0.5) is 11.6 Å². The maximum atomic E-state index is 13.8. The van der Waals surface area contributed by atoms with Crippen LogP contribution in [0.3, 0.4) is 0 Å². The van der Waals surface area contributed by atoms with Crippen molar-refractivity contribution in [2.75, 3.05) is 44.7 Å². The van der Waals surface area contributed by atoms with E-state index in [1.807, 2.05) is 38.1 Å². The van der Waals surface area contributed by atoms with E-state index >= 15 is 0 Å². The van der Waals surface area contributed by atoms with Crippen molar-refractivity contribution < 1.29 is 17.9 Å². The van der Waals surface area contributed by atoms with Gasteiger partial charge in [-0.1, -0.05) is 25.7 Å². The van der Waals surface area contributed by atoms with E-state index in [-0.39, 0.29) is 42.1 Å². The summed E-state index contributed by atoms with van der Waals surface area (Å²) in [6.45, 7) is 7.05. The van der Waals surface area contributed by atoms with E-state index in [4.69, 9.17) is 14.5 Å². The maximum Gasteiger partial charge on any atom is 0.268 e. The van der Waals surface area contributed by atoms with Gasteiger partial charge in [-0.3, -0.25) is 9.36 Å². The smallest absolute Gasteiger partial charge is 0.268 e. The van der Waals surface area contributed by atoms with Gasteiger partial charge in [0.1, 0.15) is 17.5 Å². The number of piperidine rings is 1. The van der Waals surface area contributed by atoms with Crippen LogP contribution in [0.5, 0.6) is 5.75 Å². The quantitative estimate of drug-likeness (QED) is 0.274. The van der Waals surface area contributed by atoms with E-state index in [0.717, 1.165) is 37.4 Å². The van der Waals surface area contributed by atoms with Crippen LogP contribution < -0.4 is 20.9 Å². The van der Waals surface area contributed by atoms with E-state index in [9.17, 15) is 13.2 Å². The zero-order valence-electron chi connectivity index (χ0n) is 25.3. The number of hydrogen-bond donors (Lipinski definition) is 2. The van der Waals surface area contributed by atoms with Gasteiger partial charge in [0.25, 0.3) is 5.56 Å². The molecular formula is C32H36N6O5S2. The minimum absolute atomic E-state index is 0.0155. The number of anilines is 2. The van der Waals surface area contributed by atoms with Crippen LogP contribution in [0.2, 0.25) is 0 Å². The zero-order valence-corrected chi connectivity index (χ0v) is 26.9. The summed E-state index contributed by atoms with van der Waals surface area (Å²) >= 11 is 1.29. The van der Waals surface area contributed by atoms with Crippen LogP contribution in [-0.2, 0) is 21.3 Å². The largest absolute Gasteiger partial charge is 0.489 e. The highest BCUT2D eigenvalue weighted by atomic mass is 32.2. The molecule has 6 rings (SSSR count). The lowest BCUT2D eigenvalue weighted by Gasteiger charge is -2.26. The number of aromatic nitrogens is 3. The fourth-order valence-electron chi connectivity index (χ4n) is 5.28. The third-order valence-electron chi connectivity index (χ3n) is 7.58. The minimum Gasteiger partial charge on any atom is -0.489 e. The molecule has 2 aliphatic heterocycles. The molecule has 2 N–H and O–H groups in total. The molecule has 1 unspecified atom stereocenters. The summed E-state index contributed by atoms with van der Waals surface area (Å²) in [7, 11) is -3.77. The Morgan fingerprint density at radius 1 is 1.20 bits per heavy atom. The lowest BCUT2D eigenvalue weighted by atomic mass is 10.1. The van der Waals surface area contributed by atoms with Crippen molar-refractivity contribution >= 4 is 44.0 Å². The number of sulfonamides is 1. The van der Waals surface area contributed by atoms with Gasteiger partial charge < -0.3 is 20.1 Å². The summed E-state index contributed by atoms with van der Waals surface area (Å²) in [4.78, 5) is 23.8. The van der Waals surface area contributed by atoms with E-state index in [1.165, 1.54) is 20.2 Å². The molecule has 2 saturated heterocycles. The van der Waals surface area contributed by atoms with E-state index in [2.05, 4.69) is 27.5 Å². The van der Waals surface area contributed by atoms with Gasteiger partial charge in [-0.25, -0.2) is 13.4 Å². The van der Waals surface area contributed by atoms with E-state index in [1.54, 1.807) is 23.7 Å². The SMILES string of the molecule is CC(C)C#Cc1cc2cnc(Nc3ccc(OC4CCCNC4)cc3)nc2n(Cc2sccc2S(=O)(=O)N2CCOCC2)c1=O. The summed E-state index contributed by atoms with van der Waals surface area (Å²) in [5.41, 5.74) is 1.09. The normalized spacial score (nSPS) is 17.6. The third-order valence-corrected chi connectivity index (χ3v) is 10.6. The van der Waals surface area contributed by atoms with Gasteiger partial charge in [-0.15, -0.1) is 11.3 Å². The summed E-state index contributed by atoms with van der Waals surface area (Å²) in [6.07, 6.45) is 3.92. The molecular weight excluding hydrogens is 613 g/mol. The standard InChI is InChI=1S/C32H36N6O5S2/c1-22(2)5-6-23-18-24-19-34-32(35-25-7-9-26(10-8-25)43-27-4-3-12-33-20-27)36-30(24)38(31(23)39)21-28-29(11-17-44-28)45(40,41)37-13-15-42-16-14-37/h7-11,17-19,22,27,33H,3-4,12-16,20-21H2,1-2H3,(H,34,35,36). The maximum absolute atomic E-state index is 13.8. The van der Waals surface area contributed by atoms with Crippen LogP contribution in [0.1, 0.15) is 37.1 Å². The third kappa shape index (κ3) is 7.21. The molecule has 236 valence electrons. The number of pyridine rings is 1. The summed E-state index contributed by atoms with van der Waals surface area (Å²) in [5.74, 6) is 7.22. The van der Waals surface area contributed by atoms with Gasteiger partial charge in [0.05, 0.1) is 30.2 Å². The molecule has 0 saturated carbocycles. The van der Waals surface area contributed by atoms with Crippen molar-refractivity contribution in [2.45, 2.75) is 44.2 Å². The Morgan fingerprint density at radius 3 is 2.73 bits per heavy atom. The molecule has 3 aromatic heterocycles.